The molecule has 0 aliphatic carbocycles. The maximum atomic E-state index is 11.3. The van der Waals surface area contributed by atoms with Crippen molar-refractivity contribution in [2.45, 2.75) is 56.8 Å². The van der Waals surface area contributed by atoms with E-state index in [-0.39, 0.29) is 40.4 Å². The first-order valence-corrected chi connectivity index (χ1v) is 7.96. The Balaban J connectivity index is 0.00000324. The van der Waals surface area contributed by atoms with E-state index < -0.39 is 10.1 Å². The molecule has 1 atom stereocenters. The monoisotopic (exact) mass is 292 g/mol. The molecule has 0 aliphatic rings. The standard InChI is InChI=1S/C14H22O3S.Na/c1-3-5-9-12(8-4-2)13-10-6-7-11-14(13)18(15,16)17;/h6-7,10-12H,3-5,8-9H2,1-2H3,(H,15,16,17);/q;+1/p-1. The van der Waals surface area contributed by atoms with Crippen LogP contribution in [0, 0.1) is 0 Å². The molecule has 1 rings (SSSR count). The van der Waals surface area contributed by atoms with Gasteiger partial charge in [0.1, 0.15) is 10.1 Å². The molecule has 19 heavy (non-hydrogen) atoms. The van der Waals surface area contributed by atoms with E-state index in [2.05, 4.69) is 13.8 Å². The van der Waals surface area contributed by atoms with Gasteiger partial charge in [-0.25, -0.2) is 8.42 Å². The first kappa shape index (κ1) is 19.1. The summed E-state index contributed by atoms with van der Waals surface area (Å²) >= 11 is 0. The van der Waals surface area contributed by atoms with Crippen molar-refractivity contribution < 1.29 is 42.5 Å². The molecule has 0 N–H and O–H groups in total. The van der Waals surface area contributed by atoms with Gasteiger partial charge < -0.3 is 4.55 Å². The topological polar surface area (TPSA) is 57.2 Å². The molecular formula is C14H21NaO3S. The van der Waals surface area contributed by atoms with Crippen molar-refractivity contribution in [3.05, 3.63) is 29.8 Å². The Labute approximate surface area is 138 Å². The Morgan fingerprint density at radius 3 is 2.26 bits per heavy atom. The molecule has 0 bridgehead atoms. The van der Waals surface area contributed by atoms with Crippen molar-refractivity contribution in [1.29, 1.82) is 0 Å². The third kappa shape index (κ3) is 5.96. The molecule has 0 amide bonds. The van der Waals surface area contributed by atoms with Gasteiger partial charge in [-0.3, -0.25) is 0 Å². The number of rotatable bonds is 7. The third-order valence-corrected chi connectivity index (χ3v) is 4.08. The van der Waals surface area contributed by atoms with Crippen LogP contribution >= 0.6 is 0 Å². The van der Waals surface area contributed by atoms with Crippen LogP contribution in [0.5, 0.6) is 0 Å². The fraction of sp³-hybridized carbons (Fsp3) is 0.571. The smallest absolute Gasteiger partial charge is 0.744 e. The molecule has 1 aromatic carbocycles. The molecule has 0 aliphatic heterocycles. The summed E-state index contributed by atoms with van der Waals surface area (Å²) in [5.41, 5.74) is 0.697. The minimum Gasteiger partial charge on any atom is -0.744 e. The van der Waals surface area contributed by atoms with Gasteiger partial charge in [-0.2, -0.15) is 0 Å². The number of benzene rings is 1. The van der Waals surface area contributed by atoms with Crippen molar-refractivity contribution in [2.75, 3.05) is 0 Å². The van der Waals surface area contributed by atoms with Crippen LogP contribution < -0.4 is 29.6 Å². The average molecular weight is 292 g/mol. The van der Waals surface area contributed by atoms with Crippen LogP contribution in [0.3, 0.4) is 0 Å². The zero-order valence-corrected chi connectivity index (χ0v) is 14.9. The van der Waals surface area contributed by atoms with Gasteiger partial charge in [-0.05, 0) is 30.4 Å². The molecule has 0 fully saturated rings. The molecule has 0 saturated carbocycles. The molecule has 0 aromatic heterocycles. The molecule has 0 radical (unpaired) electrons. The Bertz CT molecular complexity index is 471. The largest absolute Gasteiger partial charge is 1.00 e. The van der Waals surface area contributed by atoms with Gasteiger partial charge in [0.25, 0.3) is 0 Å². The summed E-state index contributed by atoms with van der Waals surface area (Å²) in [6.07, 6.45) is 4.98. The van der Waals surface area contributed by atoms with E-state index in [0.717, 1.165) is 32.1 Å². The fourth-order valence-electron chi connectivity index (χ4n) is 2.30. The van der Waals surface area contributed by atoms with Crippen molar-refractivity contribution in [1.82, 2.24) is 0 Å². The predicted octanol–water partition coefficient (Wildman–Crippen LogP) is 0.669. The zero-order valence-electron chi connectivity index (χ0n) is 12.1. The van der Waals surface area contributed by atoms with E-state index in [1.807, 2.05) is 0 Å². The SMILES string of the molecule is CCCCC(CCC)c1ccccc1S(=O)(=O)[O-].[Na+]. The fourth-order valence-corrected chi connectivity index (χ4v) is 3.07. The van der Waals surface area contributed by atoms with Crippen molar-refractivity contribution >= 4 is 10.1 Å². The third-order valence-electron chi connectivity index (χ3n) is 3.17. The summed E-state index contributed by atoms with van der Waals surface area (Å²) < 4.78 is 33.8. The Morgan fingerprint density at radius 1 is 1.11 bits per heavy atom. The van der Waals surface area contributed by atoms with Gasteiger partial charge in [-0.1, -0.05) is 51.3 Å². The van der Waals surface area contributed by atoms with Gasteiger partial charge in [0.2, 0.25) is 0 Å². The second kappa shape index (κ2) is 9.14. The van der Waals surface area contributed by atoms with Crippen LogP contribution in [0.4, 0.5) is 0 Å². The molecule has 5 heteroatoms. The van der Waals surface area contributed by atoms with Crippen LogP contribution in [0.2, 0.25) is 0 Å². The normalized spacial score (nSPS) is 12.8. The molecule has 0 saturated heterocycles. The molecule has 3 nitrogen and oxygen atoms in total. The summed E-state index contributed by atoms with van der Waals surface area (Å²) in [6.45, 7) is 4.19. The molecule has 0 spiro atoms. The zero-order chi connectivity index (χ0) is 13.6. The summed E-state index contributed by atoms with van der Waals surface area (Å²) in [7, 11) is -4.37. The van der Waals surface area contributed by atoms with E-state index in [0.29, 0.717) is 5.56 Å². The summed E-state index contributed by atoms with van der Waals surface area (Å²) in [5.74, 6) is 0.176. The second-order valence-electron chi connectivity index (χ2n) is 4.62. The first-order chi connectivity index (χ1) is 8.50. The average Bonchev–Trinajstić information content (AvgIpc) is 2.33. The maximum Gasteiger partial charge on any atom is 1.00 e. The van der Waals surface area contributed by atoms with E-state index in [1.165, 1.54) is 6.07 Å². The Hall–Kier alpha value is 0.130. The van der Waals surface area contributed by atoms with Crippen molar-refractivity contribution in [3.63, 3.8) is 0 Å². The number of hydrogen-bond donors (Lipinski definition) is 0. The second-order valence-corrected chi connectivity index (χ2v) is 5.97. The van der Waals surface area contributed by atoms with Gasteiger partial charge in [0.05, 0.1) is 4.90 Å². The molecular weight excluding hydrogens is 271 g/mol. The molecule has 1 aromatic rings. The van der Waals surface area contributed by atoms with E-state index in [9.17, 15) is 13.0 Å². The van der Waals surface area contributed by atoms with Crippen LogP contribution in [0.15, 0.2) is 29.2 Å². The Morgan fingerprint density at radius 2 is 1.74 bits per heavy atom. The van der Waals surface area contributed by atoms with Crippen LogP contribution in [0.25, 0.3) is 0 Å². The molecule has 0 heterocycles. The minimum atomic E-state index is -4.37. The van der Waals surface area contributed by atoms with Crippen LogP contribution in [-0.2, 0) is 10.1 Å². The van der Waals surface area contributed by atoms with E-state index in [4.69, 9.17) is 0 Å². The summed E-state index contributed by atoms with van der Waals surface area (Å²) in [5, 5.41) is 0. The minimum absolute atomic E-state index is 0. The van der Waals surface area contributed by atoms with Gasteiger partial charge in [0.15, 0.2) is 0 Å². The number of unbranched alkanes of at least 4 members (excludes halogenated alkanes) is 1. The molecule has 102 valence electrons. The molecule has 1 unspecified atom stereocenters. The summed E-state index contributed by atoms with van der Waals surface area (Å²) in [6, 6.07) is 6.61. The van der Waals surface area contributed by atoms with E-state index in [1.54, 1.807) is 18.2 Å². The van der Waals surface area contributed by atoms with Crippen LogP contribution in [0.1, 0.15) is 57.4 Å². The van der Waals surface area contributed by atoms with Crippen LogP contribution in [-0.4, -0.2) is 13.0 Å². The summed E-state index contributed by atoms with van der Waals surface area (Å²) in [4.78, 5) is -0.0421. The quantitative estimate of drug-likeness (QED) is 0.548. The van der Waals surface area contributed by atoms with Crippen molar-refractivity contribution in [3.8, 4) is 0 Å². The Kier molecular flexibility index (Phi) is 9.20. The number of hydrogen-bond acceptors (Lipinski definition) is 3. The predicted molar refractivity (Wildman–Crippen MR) is 71.6 cm³/mol. The van der Waals surface area contributed by atoms with Gasteiger partial charge in [0, 0.05) is 0 Å². The van der Waals surface area contributed by atoms with Crippen molar-refractivity contribution in [2.24, 2.45) is 0 Å². The first-order valence-electron chi connectivity index (χ1n) is 6.55. The van der Waals surface area contributed by atoms with Gasteiger partial charge in [-0.15, -0.1) is 0 Å². The van der Waals surface area contributed by atoms with Gasteiger partial charge >= 0.3 is 29.6 Å². The van der Waals surface area contributed by atoms with E-state index >= 15 is 0 Å². The maximum absolute atomic E-state index is 11.3.